The van der Waals surface area contributed by atoms with E-state index in [1.807, 2.05) is 19.0 Å². The van der Waals surface area contributed by atoms with Gasteiger partial charge in [0, 0.05) is 31.6 Å². The Kier molecular flexibility index (Phi) is 5.50. The van der Waals surface area contributed by atoms with E-state index in [0.717, 1.165) is 0 Å². The van der Waals surface area contributed by atoms with Crippen LogP contribution in [0.2, 0.25) is 4.34 Å². The molecule has 1 fully saturated rings. The summed E-state index contributed by atoms with van der Waals surface area (Å²) in [6, 6.07) is 3.15. The minimum absolute atomic E-state index is 0.0594. The molecule has 1 aromatic heterocycles. The largest absolute Gasteiger partial charge is 0.347 e. The molecule has 2 heterocycles. The summed E-state index contributed by atoms with van der Waals surface area (Å²) in [5, 5.41) is 2.95. The molecular weight excluding hydrogens is 346 g/mol. The molecule has 0 saturated carbocycles. The monoisotopic (exact) mass is 365 g/mol. The minimum atomic E-state index is -3.26. The number of sulfonamides is 1. The maximum absolute atomic E-state index is 12.3. The van der Waals surface area contributed by atoms with Crippen molar-refractivity contribution in [3.8, 4) is 0 Å². The summed E-state index contributed by atoms with van der Waals surface area (Å²) >= 11 is 7.06. The Labute approximate surface area is 140 Å². The third-order valence-corrected chi connectivity index (χ3v) is 6.06. The van der Waals surface area contributed by atoms with E-state index in [1.54, 1.807) is 12.1 Å². The van der Waals surface area contributed by atoms with E-state index >= 15 is 0 Å². The fourth-order valence-electron chi connectivity index (χ4n) is 2.60. The molecule has 0 radical (unpaired) electrons. The number of carbonyl (C=O) groups is 1. The fourth-order valence-corrected chi connectivity index (χ4v) is 4.44. The van der Waals surface area contributed by atoms with Gasteiger partial charge in [-0.3, -0.25) is 4.79 Å². The van der Waals surface area contributed by atoms with Gasteiger partial charge in [-0.05, 0) is 26.2 Å². The van der Waals surface area contributed by atoms with Crippen molar-refractivity contribution in [2.75, 3.05) is 40.0 Å². The lowest BCUT2D eigenvalue weighted by atomic mass is 10.0. The highest BCUT2D eigenvalue weighted by molar-refractivity contribution is 7.88. The molecule has 6 nitrogen and oxygen atoms in total. The van der Waals surface area contributed by atoms with E-state index in [1.165, 1.54) is 21.9 Å². The predicted molar refractivity (Wildman–Crippen MR) is 89.0 cm³/mol. The Bertz CT molecular complexity index is 645. The van der Waals surface area contributed by atoms with Crippen LogP contribution in [0.25, 0.3) is 0 Å². The maximum atomic E-state index is 12.3. The summed E-state index contributed by atoms with van der Waals surface area (Å²) < 4.78 is 25.5. The van der Waals surface area contributed by atoms with Gasteiger partial charge in [-0.1, -0.05) is 11.6 Å². The van der Waals surface area contributed by atoms with Gasteiger partial charge in [0.1, 0.15) is 0 Å². The molecule has 1 N–H and O–H groups in total. The molecule has 1 aliphatic heterocycles. The lowest BCUT2D eigenvalue weighted by Crippen LogP contribution is -2.43. The van der Waals surface area contributed by atoms with Crippen LogP contribution in [0.3, 0.4) is 0 Å². The summed E-state index contributed by atoms with van der Waals surface area (Å²) in [4.78, 5) is 14.8. The number of thiophene rings is 1. The molecule has 9 heteroatoms. The fraction of sp³-hybridized carbons (Fsp3) is 0.615. The molecular formula is C13H20ClN3O3S2. The van der Waals surface area contributed by atoms with Crippen LogP contribution in [-0.4, -0.2) is 69.6 Å². The van der Waals surface area contributed by atoms with Gasteiger partial charge >= 0.3 is 0 Å². The quantitative estimate of drug-likeness (QED) is 0.843. The summed E-state index contributed by atoms with van der Waals surface area (Å²) in [6.07, 6.45) is 1.20. The van der Waals surface area contributed by atoms with Gasteiger partial charge in [0.15, 0.2) is 0 Å². The van der Waals surface area contributed by atoms with Crippen LogP contribution >= 0.6 is 22.9 Å². The van der Waals surface area contributed by atoms with Crippen molar-refractivity contribution in [3.05, 3.63) is 21.3 Å². The maximum Gasteiger partial charge on any atom is 0.261 e. The van der Waals surface area contributed by atoms with Gasteiger partial charge in [-0.25, -0.2) is 8.42 Å². The molecule has 124 valence electrons. The van der Waals surface area contributed by atoms with E-state index in [2.05, 4.69) is 5.32 Å². The summed E-state index contributed by atoms with van der Waals surface area (Å²) in [6.45, 7) is 1.44. The molecule has 2 rings (SSSR count). The van der Waals surface area contributed by atoms with Crippen LogP contribution in [0.15, 0.2) is 12.1 Å². The number of carbonyl (C=O) groups excluding carboxylic acids is 1. The first-order valence-corrected chi connectivity index (χ1v) is 9.87. The van der Waals surface area contributed by atoms with Crippen molar-refractivity contribution in [2.45, 2.75) is 6.04 Å². The van der Waals surface area contributed by atoms with E-state index in [-0.39, 0.29) is 17.9 Å². The average Bonchev–Trinajstić information content (AvgIpc) is 2.95. The third kappa shape index (κ3) is 4.42. The number of amides is 1. The summed E-state index contributed by atoms with van der Waals surface area (Å²) in [5.74, 6) is -0.148. The van der Waals surface area contributed by atoms with Crippen molar-refractivity contribution in [1.29, 1.82) is 0 Å². The van der Waals surface area contributed by atoms with Crippen LogP contribution in [0.1, 0.15) is 9.67 Å². The third-order valence-electron chi connectivity index (χ3n) is 3.59. The zero-order valence-electron chi connectivity index (χ0n) is 12.7. The molecule has 1 aromatic rings. The Hall–Kier alpha value is -0.670. The molecule has 0 aromatic carbocycles. The van der Waals surface area contributed by atoms with Crippen molar-refractivity contribution in [2.24, 2.45) is 5.92 Å². The van der Waals surface area contributed by atoms with Gasteiger partial charge in [0.05, 0.1) is 15.5 Å². The Morgan fingerprint density at radius 2 is 2.14 bits per heavy atom. The van der Waals surface area contributed by atoms with Gasteiger partial charge in [0.2, 0.25) is 10.0 Å². The number of nitrogens with one attached hydrogen (secondary N) is 1. The molecule has 1 amide bonds. The van der Waals surface area contributed by atoms with Crippen LogP contribution < -0.4 is 5.32 Å². The Morgan fingerprint density at radius 1 is 1.45 bits per heavy atom. The SMILES string of the molecule is CN(C)C[C@@H]1CN(S(C)(=O)=O)C[C@H]1NC(=O)c1ccc(Cl)s1. The number of nitrogens with zero attached hydrogens (tertiary/aromatic N) is 2. The molecule has 0 unspecified atom stereocenters. The molecule has 0 bridgehead atoms. The predicted octanol–water partition coefficient (Wildman–Crippen LogP) is 0.953. The number of rotatable bonds is 5. The molecule has 1 aliphatic rings. The number of halogens is 1. The van der Waals surface area contributed by atoms with E-state index in [9.17, 15) is 13.2 Å². The molecule has 22 heavy (non-hydrogen) atoms. The zero-order valence-corrected chi connectivity index (χ0v) is 15.1. The van der Waals surface area contributed by atoms with Crippen molar-refractivity contribution < 1.29 is 13.2 Å². The highest BCUT2D eigenvalue weighted by Gasteiger charge is 2.38. The minimum Gasteiger partial charge on any atom is -0.347 e. The topological polar surface area (TPSA) is 69.7 Å². The Morgan fingerprint density at radius 3 is 2.64 bits per heavy atom. The van der Waals surface area contributed by atoms with Crippen LogP contribution in [0.4, 0.5) is 0 Å². The normalized spacial score (nSPS) is 23.1. The van der Waals surface area contributed by atoms with E-state index < -0.39 is 10.0 Å². The van der Waals surface area contributed by atoms with Gasteiger partial charge in [-0.2, -0.15) is 4.31 Å². The van der Waals surface area contributed by atoms with Crippen molar-refractivity contribution in [3.63, 3.8) is 0 Å². The van der Waals surface area contributed by atoms with Crippen LogP contribution in [-0.2, 0) is 10.0 Å². The van der Waals surface area contributed by atoms with E-state index in [4.69, 9.17) is 11.6 Å². The van der Waals surface area contributed by atoms with Crippen LogP contribution in [0, 0.1) is 5.92 Å². The number of hydrogen-bond donors (Lipinski definition) is 1. The molecule has 0 aliphatic carbocycles. The number of hydrogen-bond acceptors (Lipinski definition) is 5. The van der Waals surface area contributed by atoms with Crippen LogP contribution in [0.5, 0.6) is 0 Å². The smallest absolute Gasteiger partial charge is 0.261 e. The average molecular weight is 366 g/mol. The Balaban J connectivity index is 2.10. The lowest BCUT2D eigenvalue weighted by molar-refractivity contribution is 0.0931. The van der Waals surface area contributed by atoms with Crippen molar-refractivity contribution in [1.82, 2.24) is 14.5 Å². The second-order valence-electron chi connectivity index (χ2n) is 5.79. The van der Waals surface area contributed by atoms with Gasteiger partial charge < -0.3 is 10.2 Å². The highest BCUT2D eigenvalue weighted by atomic mass is 35.5. The second kappa shape index (κ2) is 6.84. The van der Waals surface area contributed by atoms with Crippen molar-refractivity contribution >= 4 is 38.9 Å². The van der Waals surface area contributed by atoms with Gasteiger partial charge in [0.25, 0.3) is 5.91 Å². The first-order chi connectivity index (χ1) is 10.2. The second-order valence-corrected chi connectivity index (χ2v) is 9.48. The highest BCUT2D eigenvalue weighted by Crippen LogP contribution is 2.24. The standard InChI is InChI=1S/C13H20ClN3O3S2/c1-16(2)6-9-7-17(22(3,19)20)8-10(9)15-13(18)11-4-5-12(14)21-11/h4-5,9-10H,6-8H2,1-3H3,(H,15,18)/t9-,10-/m1/s1. The first-order valence-electron chi connectivity index (χ1n) is 6.83. The van der Waals surface area contributed by atoms with Gasteiger partial charge in [-0.15, -0.1) is 11.3 Å². The first kappa shape index (κ1) is 17.7. The molecule has 0 spiro atoms. The molecule has 2 atom stereocenters. The molecule has 1 saturated heterocycles. The lowest BCUT2D eigenvalue weighted by Gasteiger charge is -2.22. The zero-order chi connectivity index (χ0) is 16.5. The summed E-state index contributed by atoms with van der Waals surface area (Å²) in [5.41, 5.74) is 0. The summed E-state index contributed by atoms with van der Waals surface area (Å²) in [7, 11) is 0.608. The van der Waals surface area contributed by atoms with E-state index in [0.29, 0.717) is 28.8 Å².